The quantitative estimate of drug-likeness (QED) is 0.674. The van der Waals surface area contributed by atoms with Gasteiger partial charge in [-0.15, -0.1) is 11.3 Å². The van der Waals surface area contributed by atoms with E-state index in [2.05, 4.69) is 70.5 Å². The predicted molar refractivity (Wildman–Crippen MR) is 95.6 cm³/mol. The third kappa shape index (κ3) is 3.10. The highest BCUT2D eigenvalue weighted by Gasteiger charge is 2.20. The zero-order chi connectivity index (χ0) is 13.9. The molecule has 1 unspecified atom stereocenters. The third-order valence-corrected chi connectivity index (χ3v) is 5.98. The van der Waals surface area contributed by atoms with E-state index in [1.54, 1.807) is 0 Å². The first kappa shape index (κ1) is 14.5. The minimum Gasteiger partial charge on any atom is -0.307 e. The molecule has 0 radical (unpaired) electrons. The van der Waals surface area contributed by atoms with Crippen molar-refractivity contribution in [2.24, 2.45) is 0 Å². The van der Waals surface area contributed by atoms with Crippen LogP contribution in [0.15, 0.2) is 35.7 Å². The van der Waals surface area contributed by atoms with Gasteiger partial charge in [-0.2, -0.15) is 0 Å². The standard InChI is InChI=1S/C17H20INS/c1-2-19-17(15-10-16(18)20-11-15)14-8-6-13(7-9-14)12-4-3-5-12/h6-12,17,19H,2-5H2,1H3. The van der Waals surface area contributed by atoms with Gasteiger partial charge in [0.2, 0.25) is 0 Å². The second kappa shape index (κ2) is 6.58. The fourth-order valence-electron chi connectivity index (χ4n) is 2.81. The first-order valence-corrected chi connectivity index (χ1v) is 9.31. The number of rotatable bonds is 5. The maximum atomic E-state index is 3.61. The molecule has 1 aliphatic rings. The second-order valence-electron chi connectivity index (χ2n) is 5.47. The van der Waals surface area contributed by atoms with Crippen LogP contribution in [0.2, 0.25) is 0 Å². The van der Waals surface area contributed by atoms with Gasteiger partial charge in [0, 0.05) is 0 Å². The van der Waals surface area contributed by atoms with Crippen LogP contribution in [0.3, 0.4) is 0 Å². The number of hydrogen-bond donors (Lipinski definition) is 1. The average molecular weight is 397 g/mol. The van der Waals surface area contributed by atoms with Gasteiger partial charge in [0.1, 0.15) is 0 Å². The summed E-state index contributed by atoms with van der Waals surface area (Å²) in [6.07, 6.45) is 4.15. The zero-order valence-electron chi connectivity index (χ0n) is 11.7. The molecule has 3 rings (SSSR count). The summed E-state index contributed by atoms with van der Waals surface area (Å²) >= 11 is 4.22. The lowest BCUT2D eigenvalue weighted by atomic mass is 9.79. The van der Waals surface area contributed by atoms with E-state index in [1.807, 2.05) is 11.3 Å². The Bertz CT molecular complexity index is 557. The van der Waals surface area contributed by atoms with Crippen LogP contribution >= 0.6 is 33.9 Å². The van der Waals surface area contributed by atoms with E-state index in [0.717, 1.165) is 12.5 Å². The van der Waals surface area contributed by atoms with Gasteiger partial charge in [0.25, 0.3) is 0 Å². The summed E-state index contributed by atoms with van der Waals surface area (Å²) in [5.74, 6) is 0.823. The highest BCUT2D eigenvalue weighted by molar-refractivity contribution is 14.1. The minimum absolute atomic E-state index is 0.329. The zero-order valence-corrected chi connectivity index (χ0v) is 14.7. The van der Waals surface area contributed by atoms with Crippen LogP contribution in [-0.4, -0.2) is 6.54 Å². The molecule has 0 spiro atoms. The summed E-state index contributed by atoms with van der Waals surface area (Å²) < 4.78 is 1.35. The van der Waals surface area contributed by atoms with E-state index in [1.165, 1.54) is 38.8 Å². The first-order valence-electron chi connectivity index (χ1n) is 7.35. The molecule has 20 heavy (non-hydrogen) atoms. The fourth-order valence-corrected chi connectivity index (χ4v) is 4.21. The molecule has 106 valence electrons. The molecule has 1 aliphatic carbocycles. The van der Waals surface area contributed by atoms with Crippen molar-refractivity contribution in [2.45, 2.75) is 38.1 Å². The van der Waals surface area contributed by atoms with Crippen molar-refractivity contribution in [1.82, 2.24) is 5.32 Å². The van der Waals surface area contributed by atoms with Gasteiger partial charge in [0.15, 0.2) is 0 Å². The van der Waals surface area contributed by atoms with Gasteiger partial charge in [-0.05, 0) is 76.0 Å². The molecular weight excluding hydrogens is 377 g/mol. The van der Waals surface area contributed by atoms with Crippen LogP contribution in [0.1, 0.15) is 54.8 Å². The Kier molecular flexibility index (Phi) is 4.79. The van der Waals surface area contributed by atoms with E-state index >= 15 is 0 Å². The Morgan fingerprint density at radius 2 is 2.00 bits per heavy atom. The number of nitrogens with one attached hydrogen (secondary N) is 1. The monoisotopic (exact) mass is 397 g/mol. The molecule has 0 saturated heterocycles. The van der Waals surface area contributed by atoms with Crippen LogP contribution in [0.25, 0.3) is 0 Å². The number of hydrogen-bond acceptors (Lipinski definition) is 2. The highest BCUT2D eigenvalue weighted by Crippen LogP contribution is 2.37. The van der Waals surface area contributed by atoms with Gasteiger partial charge >= 0.3 is 0 Å². The summed E-state index contributed by atoms with van der Waals surface area (Å²) in [5.41, 5.74) is 4.29. The summed E-state index contributed by atoms with van der Waals surface area (Å²) in [7, 11) is 0. The maximum absolute atomic E-state index is 3.61. The van der Waals surface area contributed by atoms with Gasteiger partial charge in [0.05, 0.1) is 8.93 Å². The Morgan fingerprint density at radius 3 is 2.50 bits per heavy atom. The number of halogens is 1. The van der Waals surface area contributed by atoms with Crippen molar-refractivity contribution < 1.29 is 0 Å². The van der Waals surface area contributed by atoms with Crippen LogP contribution in [-0.2, 0) is 0 Å². The normalized spacial score (nSPS) is 16.9. The molecule has 1 nitrogen and oxygen atoms in total. The van der Waals surface area contributed by atoms with Crippen molar-refractivity contribution in [3.8, 4) is 0 Å². The Labute approximate surface area is 138 Å². The molecule has 1 fully saturated rings. The predicted octanol–water partition coefficient (Wildman–Crippen LogP) is 5.32. The Hall–Kier alpha value is -0.390. The second-order valence-corrected chi connectivity index (χ2v) is 8.27. The van der Waals surface area contributed by atoms with Gasteiger partial charge in [-0.1, -0.05) is 37.6 Å². The van der Waals surface area contributed by atoms with Crippen LogP contribution in [0, 0.1) is 2.88 Å². The summed E-state index contributed by atoms with van der Waals surface area (Å²) in [5, 5.41) is 5.88. The van der Waals surface area contributed by atoms with E-state index in [-0.39, 0.29) is 0 Å². The maximum Gasteiger partial charge on any atom is 0.0656 e. The highest BCUT2D eigenvalue weighted by atomic mass is 127. The first-order chi connectivity index (χ1) is 9.78. The van der Waals surface area contributed by atoms with Crippen molar-refractivity contribution in [3.63, 3.8) is 0 Å². The fraction of sp³-hybridized carbons (Fsp3) is 0.412. The van der Waals surface area contributed by atoms with Crippen LogP contribution in [0.5, 0.6) is 0 Å². The lowest BCUT2D eigenvalue weighted by Crippen LogP contribution is -2.21. The average Bonchev–Trinajstić information content (AvgIpc) is 2.82. The smallest absolute Gasteiger partial charge is 0.0656 e. The summed E-state index contributed by atoms with van der Waals surface area (Å²) in [6.45, 7) is 3.16. The molecule has 0 aliphatic heterocycles. The topological polar surface area (TPSA) is 12.0 Å². The van der Waals surface area contributed by atoms with Crippen molar-refractivity contribution >= 4 is 33.9 Å². The molecule has 0 amide bonds. The molecule has 1 saturated carbocycles. The van der Waals surface area contributed by atoms with Crippen molar-refractivity contribution in [1.29, 1.82) is 0 Å². The summed E-state index contributed by atoms with van der Waals surface area (Å²) in [4.78, 5) is 0. The lowest BCUT2D eigenvalue weighted by Gasteiger charge is -2.26. The summed E-state index contributed by atoms with van der Waals surface area (Å²) in [6, 6.07) is 11.9. The number of thiophene rings is 1. The molecule has 3 heteroatoms. The molecule has 1 aromatic carbocycles. The molecular formula is C17H20INS. The SMILES string of the molecule is CCNC(c1ccc(C2CCC2)cc1)c1csc(I)c1. The van der Waals surface area contributed by atoms with Crippen LogP contribution < -0.4 is 5.32 Å². The molecule has 1 N–H and O–H groups in total. The largest absolute Gasteiger partial charge is 0.307 e. The van der Waals surface area contributed by atoms with E-state index < -0.39 is 0 Å². The van der Waals surface area contributed by atoms with Gasteiger partial charge < -0.3 is 5.32 Å². The molecule has 1 heterocycles. The van der Waals surface area contributed by atoms with Crippen molar-refractivity contribution in [3.05, 3.63) is 55.3 Å². The van der Waals surface area contributed by atoms with E-state index in [0.29, 0.717) is 6.04 Å². The number of benzene rings is 1. The molecule has 1 aromatic heterocycles. The van der Waals surface area contributed by atoms with Crippen LogP contribution in [0.4, 0.5) is 0 Å². The Morgan fingerprint density at radius 1 is 1.25 bits per heavy atom. The van der Waals surface area contributed by atoms with Crippen molar-refractivity contribution in [2.75, 3.05) is 6.54 Å². The van der Waals surface area contributed by atoms with E-state index in [4.69, 9.17) is 0 Å². The third-order valence-electron chi connectivity index (χ3n) is 4.18. The Balaban J connectivity index is 1.83. The van der Waals surface area contributed by atoms with E-state index in [9.17, 15) is 0 Å². The molecule has 0 bridgehead atoms. The van der Waals surface area contributed by atoms with Gasteiger partial charge in [-0.25, -0.2) is 0 Å². The molecule has 2 aromatic rings. The van der Waals surface area contributed by atoms with Gasteiger partial charge in [-0.3, -0.25) is 0 Å². The molecule has 1 atom stereocenters. The lowest BCUT2D eigenvalue weighted by molar-refractivity contribution is 0.419. The minimum atomic E-state index is 0.329.